The number of imide groups is 1. The van der Waals surface area contributed by atoms with Gasteiger partial charge in [0.2, 0.25) is 0 Å². The zero-order chi connectivity index (χ0) is 26.7. The topological polar surface area (TPSA) is 132 Å². The van der Waals surface area contributed by atoms with E-state index in [4.69, 9.17) is 11.6 Å². The van der Waals surface area contributed by atoms with E-state index in [9.17, 15) is 24.3 Å². The molecule has 0 aliphatic rings. The Balaban J connectivity index is 1.53. The third kappa shape index (κ3) is 5.72. The lowest BCUT2D eigenvalue weighted by atomic mass is 10.1. The molecule has 0 saturated carbocycles. The molecule has 1 atom stereocenters. The van der Waals surface area contributed by atoms with E-state index in [0.29, 0.717) is 5.01 Å². The molecular formula is C26H23ClN4O5S. The maximum atomic E-state index is 13.3. The lowest BCUT2D eigenvalue weighted by Crippen LogP contribution is -2.52. The second-order valence-corrected chi connectivity index (χ2v) is 9.97. The van der Waals surface area contributed by atoms with Crippen molar-refractivity contribution in [3.63, 3.8) is 0 Å². The summed E-state index contributed by atoms with van der Waals surface area (Å²) in [5.74, 6) is -3.21. The number of carboxylic acids is 1. The minimum Gasteiger partial charge on any atom is -0.480 e. The number of benzene rings is 2. The van der Waals surface area contributed by atoms with Gasteiger partial charge < -0.3 is 15.4 Å². The molecule has 0 spiro atoms. The Hall–Kier alpha value is -3.99. The van der Waals surface area contributed by atoms with Crippen LogP contribution in [0.1, 0.15) is 47.8 Å². The van der Waals surface area contributed by atoms with Crippen LogP contribution in [0.15, 0.2) is 60.8 Å². The number of rotatable bonds is 8. The second-order valence-electron chi connectivity index (χ2n) is 8.28. The van der Waals surface area contributed by atoms with Gasteiger partial charge in [0.1, 0.15) is 6.04 Å². The molecule has 2 heterocycles. The number of aryl methyl sites for hydroxylation is 1. The van der Waals surface area contributed by atoms with Crippen molar-refractivity contribution >= 4 is 57.5 Å². The molecule has 0 saturated heterocycles. The summed E-state index contributed by atoms with van der Waals surface area (Å²) < 4.78 is 0. The van der Waals surface area contributed by atoms with E-state index >= 15 is 0 Å². The number of H-pyrrole nitrogens is 1. The highest BCUT2D eigenvalue weighted by Crippen LogP contribution is 2.23. The number of hydrazine groups is 1. The third-order valence-corrected chi connectivity index (χ3v) is 6.94. The number of amides is 3. The van der Waals surface area contributed by atoms with E-state index in [2.05, 4.69) is 15.7 Å². The molecule has 4 rings (SSSR count). The monoisotopic (exact) mass is 538 g/mol. The van der Waals surface area contributed by atoms with E-state index in [1.807, 2.05) is 30.5 Å². The summed E-state index contributed by atoms with van der Waals surface area (Å²) in [6.45, 7) is 3.39. The highest BCUT2D eigenvalue weighted by Gasteiger charge is 2.30. The van der Waals surface area contributed by atoms with Crippen molar-refractivity contribution in [3.8, 4) is 0 Å². The lowest BCUT2D eigenvalue weighted by Gasteiger charge is -2.24. The molecule has 37 heavy (non-hydrogen) atoms. The van der Waals surface area contributed by atoms with Crippen LogP contribution in [-0.2, 0) is 11.3 Å². The molecule has 0 fully saturated rings. The zero-order valence-electron chi connectivity index (χ0n) is 19.9. The van der Waals surface area contributed by atoms with Gasteiger partial charge in [0, 0.05) is 34.1 Å². The number of aromatic nitrogens is 1. The first-order chi connectivity index (χ1) is 17.7. The summed E-state index contributed by atoms with van der Waals surface area (Å²) >= 11 is 7.53. The smallest absolute Gasteiger partial charge is 0.322 e. The predicted molar refractivity (Wildman–Crippen MR) is 141 cm³/mol. The summed E-state index contributed by atoms with van der Waals surface area (Å²) in [6.07, 6.45) is 1.82. The van der Waals surface area contributed by atoms with Gasteiger partial charge in [0.15, 0.2) is 0 Å². The maximum Gasteiger partial charge on any atom is 0.322 e. The Bertz CT molecular complexity index is 1510. The minimum absolute atomic E-state index is 0.0599. The number of carboxylic acid groups (broad SMARTS) is 1. The van der Waals surface area contributed by atoms with Crippen molar-refractivity contribution in [2.75, 3.05) is 0 Å². The van der Waals surface area contributed by atoms with Crippen molar-refractivity contribution in [2.24, 2.45) is 0 Å². The Morgan fingerprint density at radius 2 is 1.86 bits per heavy atom. The fourth-order valence-corrected chi connectivity index (χ4v) is 4.71. The SMILES string of the molecule is Cc1ccc(C(=O)N(N[C@@H](C)C(=O)O)C(=O)c2ccc(C(=O)NCc3cccc4[nH]ccc34)cc2Cl)s1. The number of carbonyl (C=O) groups excluding carboxylic acids is 3. The highest BCUT2D eigenvalue weighted by molar-refractivity contribution is 7.14. The number of aromatic amines is 1. The Morgan fingerprint density at radius 1 is 1.08 bits per heavy atom. The maximum absolute atomic E-state index is 13.3. The van der Waals surface area contributed by atoms with Crippen molar-refractivity contribution in [1.82, 2.24) is 20.7 Å². The number of nitrogens with zero attached hydrogens (tertiary/aromatic N) is 1. The van der Waals surface area contributed by atoms with E-state index in [1.54, 1.807) is 19.1 Å². The van der Waals surface area contributed by atoms with Gasteiger partial charge in [0.25, 0.3) is 17.7 Å². The van der Waals surface area contributed by atoms with Crippen LogP contribution in [0, 0.1) is 6.92 Å². The average molecular weight is 539 g/mol. The highest BCUT2D eigenvalue weighted by atomic mass is 35.5. The van der Waals surface area contributed by atoms with Gasteiger partial charge >= 0.3 is 5.97 Å². The summed E-state index contributed by atoms with van der Waals surface area (Å²) in [5, 5.41) is 13.7. The van der Waals surface area contributed by atoms with Gasteiger partial charge in [-0.3, -0.25) is 19.2 Å². The normalized spacial score (nSPS) is 11.8. The van der Waals surface area contributed by atoms with E-state index in [1.165, 1.54) is 36.5 Å². The number of aliphatic carboxylic acids is 1. The number of nitrogens with one attached hydrogen (secondary N) is 3. The van der Waals surface area contributed by atoms with Crippen LogP contribution in [0.25, 0.3) is 10.9 Å². The van der Waals surface area contributed by atoms with Crippen molar-refractivity contribution in [3.05, 3.63) is 92.3 Å². The van der Waals surface area contributed by atoms with E-state index in [-0.39, 0.29) is 27.6 Å². The Labute approximate surface area is 221 Å². The van der Waals surface area contributed by atoms with Crippen LogP contribution < -0.4 is 10.7 Å². The lowest BCUT2D eigenvalue weighted by molar-refractivity contribution is -0.139. The largest absolute Gasteiger partial charge is 0.480 e. The van der Waals surface area contributed by atoms with Crippen molar-refractivity contribution in [1.29, 1.82) is 0 Å². The molecule has 0 radical (unpaired) electrons. The molecule has 9 nitrogen and oxygen atoms in total. The van der Waals surface area contributed by atoms with E-state index < -0.39 is 29.7 Å². The molecule has 0 unspecified atom stereocenters. The zero-order valence-corrected chi connectivity index (χ0v) is 21.4. The Morgan fingerprint density at radius 3 is 2.54 bits per heavy atom. The molecule has 4 aromatic rings. The van der Waals surface area contributed by atoms with Crippen LogP contribution in [0.4, 0.5) is 0 Å². The summed E-state index contributed by atoms with van der Waals surface area (Å²) in [4.78, 5) is 54.7. The first kappa shape index (κ1) is 26.1. The summed E-state index contributed by atoms with van der Waals surface area (Å²) in [5.41, 5.74) is 4.49. The van der Waals surface area contributed by atoms with Crippen LogP contribution in [0.2, 0.25) is 5.02 Å². The van der Waals surface area contributed by atoms with Gasteiger partial charge in [-0.2, -0.15) is 0 Å². The number of fused-ring (bicyclic) bond motifs is 1. The molecule has 11 heteroatoms. The average Bonchev–Trinajstić information content (AvgIpc) is 3.54. The molecule has 190 valence electrons. The van der Waals surface area contributed by atoms with Gasteiger partial charge in [-0.1, -0.05) is 23.7 Å². The fourth-order valence-electron chi connectivity index (χ4n) is 3.65. The molecule has 0 bridgehead atoms. The van der Waals surface area contributed by atoms with Crippen molar-refractivity contribution < 1.29 is 24.3 Å². The summed E-state index contributed by atoms with van der Waals surface area (Å²) in [7, 11) is 0. The van der Waals surface area contributed by atoms with Gasteiger partial charge in [-0.25, -0.2) is 10.4 Å². The third-order valence-electron chi connectivity index (χ3n) is 5.64. The fraction of sp³-hybridized carbons (Fsp3) is 0.154. The summed E-state index contributed by atoms with van der Waals surface area (Å²) in [6, 6.07) is 13.8. The predicted octanol–water partition coefficient (Wildman–Crippen LogP) is 4.38. The second kappa shape index (κ2) is 11.0. The Kier molecular flexibility index (Phi) is 7.72. The first-order valence-electron chi connectivity index (χ1n) is 11.2. The molecule has 2 aromatic heterocycles. The van der Waals surface area contributed by atoms with Gasteiger partial charge in [-0.15, -0.1) is 11.3 Å². The minimum atomic E-state index is -1.25. The molecule has 2 aromatic carbocycles. The first-order valence-corrected chi connectivity index (χ1v) is 12.4. The van der Waals surface area contributed by atoms with Crippen LogP contribution >= 0.6 is 22.9 Å². The standard InChI is InChI=1S/C26H23ClN4O5S/c1-14-6-9-22(37-14)25(34)31(30-15(2)26(35)36)24(33)19-8-7-16(12-20(19)27)23(32)29-13-17-4-3-5-21-18(17)10-11-28-21/h3-12,15,28,30H,13H2,1-2H3,(H,29,32)(H,35,36)/t15-/m0/s1. The number of carbonyl (C=O) groups is 4. The van der Waals surface area contributed by atoms with Crippen LogP contribution in [-0.4, -0.2) is 44.8 Å². The quantitative estimate of drug-likeness (QED) is 0.194. The van der Waals surface area contributed by atoms with E-state index in [0.717, 1.165) is 21.3 Å². The van der Waals surface area contributed by atoms with Crippen LogP contribution in [0.3, 0.4) is 0 Å². The molecule has 0 aliphatic heterocycles. The molecule has 0 aliphatic carbocycles. The van der Waals surface area contributed by atoms with Gasteiger partial charge in [-0.05, 0) is 61.9 Å². The number of hydrogen-bond acceptors (Lipinski definition) is 6. The molecule has 4 N–H and O–H groups in total. The number of hydrogen-bond donors (Lipinski definition) is 4. The molecular weight excluding hydrogens is 516 g/mol. The number of halogens is 1. The van der Waals surface area contributed by atoms with Gasteiger partial charge in [0.05, 0.1) is 15.5 Å². The van der Waals surface area contributed by atoms with Crippen LogP contribution in [0.5, 0.6) is 0 Å². The van der Waals surface area contributed by atoms with Crippen molar-refractivity contribution in [2.45, 2.75) is 26.4 Å². The number of thiophene rings is 1. The molecule has 3 amide bonds.